The summed E-state index contributed by atoms with van der Waals surface area (Å²) in [7, 11) is 0. The van der Waals surface area contributed by atoms with Gasteiger partial charge in [0.25, 0.3) is 5.91 Å². The highest BCUT2D eigenvalue weighted by atomic mass is 16.2. The lowest BCUT2D eigenvalue weighted by atomic mass is 9.78. The number of nitrogens with zero attached hydrogens (tertiary/aromatic N) is 2. The molecule has 28 heavy (non-hydrogen) atoms. The fourth-order valence-electron chi connectivity index (χ4n) is 5.08. The van der Waals surface area contributed by atoms with Crippen LogP contribution in [0.2, 0.25) is 0 Å². The minimum Gasteiger partial charge on any atom is -0.338 e. The molecule has 6 heteroatoms. The number of urea groups is 1. The van der Waals surface area contributed by atoms with Gasteiger partial charge in [-0.05, 0) is 51.0 Å². The van der Waals surface area contributed by atoms with Gasteiger partial charge in [0.1, 0.15) is 12.1 Å². The highest BCUT2D eigenvalue weighted by Crippen LogP contribution is 2.36. The molecule has 1 saturated carbocycles. The molecule has 150 valence electrons. The summed E-state index contributed by atoms with van der Waals surface area (Å²) in [6.07, 6.45) is 6.81. The molecule has 1 N–H and O–H groups in total. The predicted octanol–water partition coefficient (Wildman–Crippen LogP) is 2.94. The molecule has 2 heterocycles. The van der Waals surface area contributed by atoms with Crippen molar-refractivity contribution in [2.75, 3.05) is 13.1 Å². The van der Waals surface area contributed by atoms with E-state index in [4.69, 9.17) is 0 Å². The van der Waals surface area contributed by atoms with Crippen LogP contribution in [0.3, 0.4) is 0 Å². The Morgan fingerprint density at radius 2 is 1.79 bits per heavy atom. The molecule has 0 radical (unpaired) electrons. The van der Waals surface area contributed by atoms with Crippen molar-refractivity contribution in [1.29, 1.82) is 0 Å². The van der Waals surface area contributed by atoms with Crippen molar-refractivity contribution in [2.24, 2.45) is 5.92 Å². The third-order valence-electron chi connectivity index (χ3n) is 6.76. The number of nitrogens with one attached hydrogen (secondary N) is 1. The van der Waals surface area contributed by atoms with Gasteiger partial charge in [-0.15, -0.1) is 0 Å². The zero-order valence-corrected chi connectivity index (χ0v) is 16.7. The van der Waals surface area contributed by atoms with E-state index >= 15 is 0 Å². The second-order valence-corrected chi connectivity index (χ2v) is 8.65. The fourth-order valence-corrected chi connectivity index (χ4v) is 5.08. The van der Waals surface area contributed by atoms with Crippen LogP contribution >= 0.6 is 0 Å². The summed E-state index contributed by atoms with van der Waals surface area (Å²) in [5.74, 6) is 0.118. The Labute approximate surface area is 166 Å². The van der Waals surface area contributed by atoms with Gasteiger partial charge in [-0.3, -0.25) is 14.5 Å². The third kappa shape index (κ3) is 3.19. The molecule has 3 fully saturated rings. The minimum atomic E-state index is -1.12. The second kappa shape index (κ2) is 7.22. The number of benzene rings is 1. The number of rotatable bonds is 3. The summed E-state index contributed by atoms with van der Waals surface area (Å²) in [5.41, 5.74) is 0.695. The quantitative estimate of drug-likeness (QED) is 0.816. The highest BCUT2D eigenvalue weighted by molar-refractivity contribution is 6.09. The number of carbonyl (C=O) groups is 3. The van der Waals surface area contributed by atoms with E-state index in [2.05, 4.69) is 5.32 Å². The monoisotopic (exact) mass is 383 g/mol. The van der Waals surface area contributed by atoms with E-state index in [1.54, 1.807) is 6.92 Å². The van der Waals surface area contributed by atoms with Crippen LogP contribution in [-0.4, -0.2) is 46.8 Å². The topological polar surface area (TPSA) is 69.7 Å². The predicted molar refractivity (Wildman–Crippen MR) is 105 cm³/mol. The summed E-state index contributed by atoms with van der Waals surface area (Å²) < 4.78 is 0. The first-order chi connectivity index (χ1) is 13.4. The van der Waals surface area contributed by atoms with Crippen LogP contribution in [0.5, 0.6) is 0 Å². The smallest absolute Gasteiger partial charge is 0.325 e. The first-order valence-electron chi connectivity index (χ1n) is 10.4. The normalized spacial score (nSPS) is 30.2. The molecule has 2 saturated heterocycles. The molecule has 1 aromatic rings. The fraction of sp³-hybridized carbons (Fsp3) is 0.591. The van der Waals surface area contributed by atoms with Crippen LogP contribution in [0.1, 0.15) is 56.6 Å². The van der Waals surface area contributed by atoms with Crippen molar-refractivity contribution in [3.05, 3.63) is 35.4 Å². The maximum Gasteiger partial charge on any atom is 0.325 e. The Morgan fingerprint density at radius 3 is 2.54 bits per heavy atom. The molecule has 0 aromatic heterocycles. The average Bonchev–Trinajstić information content (AvgIpc) is 2.92. The van der Waals surface area contributed by atoms with Crippen molar-refractivity contribution in [3.63, 3.8) is 0 Å². The van der Waals surface area contributed by atoms with Crippen molar-refractivity contribution in [2.45, 2.75) is 64.0 Å². The zero-order chi connectivity index (χ0) is 19.9. The summed E-state index contributed by atoms with van der Waals surface area (Å²) in [4.78, 5) is 41.7. The van der Waals surface area contributed by atoms with Crippen molar-refractivity contribution in [1.82, 2.24) is 15.1 Å². The van der Waals surface area contributed by atoms with Crippen molar-refractivity contribution in [3.8, 4) is 0 Å². The van der Waals surface area contributed by atoms with E-state index in [1.807, 2.05) is 36.1 Å². The Morgan fingerprint density at radius 1 is 1.11 bits per heavy atom. The summed E-state index contributed by atoms with van der Waals surface area (Å²) in [6.45, 7) is 4.25. The van der Waals surface area contributed by atoms with Crippen LogP contribution in [-0.2, 0) is 15.1 Å². The van der Waals surface area contributed by atoms with Gasteiger partial charge in [-0.2, -0.15) is 0 Å². The Kier molecular flexibility index (Phi) is 4.89. The molecule has 1 aromatic carbocycles. The molecular weight excluding hydrogens is 354 g/mol. The van der Waals surface area contributed by atoms with E-state index in [0.29, 0.717) is 5.92 Å². The largest absolute Gasteiger partial charge is 0.338 e. The average molecular weight is 383 g/mol. The Bertz CT molecular complexity index is 789. The number of amides is 4. The Hall–Kier alpha value is -2.37. The van der Waals surface area contributed by atoms with Crippen LogP contribution in [0.15, 0.2) is 24.3 Å². The van der Waals surface area contributed by atoms with Gasteiger partial charge in [0.2, 0.25) is 5.91 Å². The van der Waals surface area contributed by atoms with Crippen LogP contribution in [0.25, 0.3) is 0 Å². The molecule has 3 atom stereocenters. The van der Waals surface area contributed by atoms with Gasteiger partial charge in [-0.25, -0.2) is 4.79 Å². The molecular formula is C22H29N3O3. The molecule has 3 aliphatic rings. The maximum atomic E-state index is 13.1. The van der Waals surface area contributed by atoms with Crippen LogP contribution in [0, 0.1) is 12.8 Å². The van der Waals surface area contributed by atoms with Gasteiger partial charge in [0.05, 0.1) is 0 Å². The number of hydrogen-bond donors (Lipinski definition) is 1. The van der Waals surface area contributed by atoms with E-state index < -0.39 is 11.6 Å². The molecule has 4 amide bonds. The zero-order valence-electron chi connectivity index (χ0n) is 16.7. The summed E-state index contributed by atoms with van der Waals surface area (Å²) in [5, 5.41) is 2.80. The van der Waals surface area contributed by atoms with Gasteiger partial charge in [0.15, 0.2) is 0 Å². The van der Waals surface area contributed by atoms with E-state index in [1.165, 1.54) is 19.3 Å². The van der Waals surface area contributed by atoms with E-state index in [0.717, 1.165) is 41.8 Å². The molecule has 3 unspecified atom stereocenters. The number of fused-ring (bicyclic) bond motifs is 1. The van der Waals surface area contributed by atoms with Crippen molar-refractivity contribution < 1.29 is 14.4 Å². The number of carbonyl (C=O) groups excluding carboxylic acids is 3. The molecule has 1 aliphatic carbocycles. The van der Waals surface area contributed by atoms with Gasteiger partial charge < -0.3 is 10.2 Å². The molecule has 6 nitrogen and oxygen atoms in total. The van der Waals surface area contributed by atoms with Crippen molar-refractivity contribution >= 4 is 17.8 Å². The third-order valence-corrected chi connectivity index (χ3v) is 6.76. The first kappa shape index (κ1) is 19.0. The molecule has 2 aliphatic heterocycles. The number of piperidine rings is 1. The van der Waals surface area contributed by atoms with Gasteiger partial charge in [-0.1, -0.05) is 42.7 Å². The first-order valence-corrected chi connectivity index (χ1v) is 10.4. The van der Waals surface area contributed by atoms with E-state index in [9.17, 15) is 14.4 Å². The number of imide groups is 1. The standard InChI is InChI=1S/C22H29N3O3/c1-15-9-11-17(12-10-15)22(2)20(27)25(21(28)23-22)14-19(26)24-13-5-7-16-6-3-4-8-18(16)24/h9-12,16,18H,3-8,13-14H2,1-2H3,(H,23,28). The molecule has 4 rings (SSSR count). The SMILES string of the molecule is Cc1ccc(C2(C)NC(=O)N(CC(=O)N3CCCC4CCCCC43)C2=O)cc1. The lowest BCUT2D eigenvalue weighted by Crippen LogP contribution is -2.53. The lowest BCUT2D eigenvalue weighted by molar-refractivity contribution is -0.142. The second-order valence-electron chi connectivity index (χ2n) is 8.65. The maximum absolute atomic E-state index is 13.1. The molecule has 0 bridgehead atoms. The molecule has 0 spiro atoms. The summed E-state index contributed by atoms with van der Waals surface area (Å²) in [6, 6.07) is 7.35. The minimum absolute atomic E-state index is 0.103. The lowest BCUT2D eigenvalue weighted by Gasteiger charge is -2.44. The van der Waals surface area contributed by atoms with Crippen LogP contribution < -0.4 is 5.32 Å². The summed E-state index contributed by atoms with van der Waals surface area (Å²) >= 11 is 0. The van der Waals surface area contributed by atoms with Gasteiger partial charge >= 0.3 is 6.03 Å². The van der Waals surface area contributed by atoms with Gasteiger partial charge in [0, 0.05) is 12.6 Å². The van der Waals surface area contributed by atoms with Crippen LogP contribution in [0.4, 0.5) is 4.79 Å². The number of aryl methyl sites for hydroxylation is 1. The number of likely N-dealkylation sites (tertiary alicyclic amines) is 1. The highest BCUT2D eigenvalue weighted by Gasteiger charge is 2.50. The number of hydrogen-bond acceptors (Lipinski definition) is 3. The Balaban J connectivity index is 1.50. The van der Waals surface area contributed by atoms with E-state index in [-0.39, 0.29) is 24.4 Å².